The van der Waals surface area contributed by atoms with E-state index in [0.29, 0.717) is 6.54 Å². The first-order valence-corrected chi connectivity index (χ1v) is 6.68. The van der Waals surface area contributed by atoms with Crippen LogP contribution >= 0.6 is 31.9 Å². The van der Waals surface area contributed by atoms with Crippen LogP contribution in [0.5, 0.6) is 5.75 Å². The van der Waals surface area contributed by atoms with Crippen molar-refractivity contribution in [2.75, 3.05) is 20.3 Å². The zero-order valence-electron chi connectivity index (χ0n) is 9.41. The van der Waals surface area contributed by atoms with Gasteiger partial charge in [-0.25, -0.2) is 0 Å². The molecule has 1 rings (SSSR count). The molecule has 0 unspecified atom stereocenters. The highest BCUT2D eigenvalue weighted by Gasteiger charge is 2.09. The highest BCUT2D eigenvalue weighted by atomic mass is 79.9. The van der Waals surface area contributed by atoms with Crippen molar-refractivity contribution in [3.63, 3.8) is 0 Å². The second-order valence-electron chi connectivity index (χ2n) is 3.54. The second kappa shape index (κ2) is 7.33. The summed E-state index contributed by atoms with van der Waals surface area (Å²) in [6.07, 6.45) is 0. The van der Waals surface area contributed by atoms with E-state index in [4.69, 9.17) is 14.9 Å². The molecule has 0 radical (unpaired) electrons. The third kappa shape index (κ3) is 4.22. The van der Waals surface area contributed by atoms with Crippen molar-refractivity contribution in [3.8, 4) is 5.75 Å². The topological polar surface area (TPSA) is 61.7 Å². The van der Waals surface area contributed by atoms with Gasteiger partial charge in [0.15, 0.2) is 0 Å². The molecule has 17 heavy (non-hydrogen) atoms. The molecule has 3 N–H and O–H groups in total. The second-order valence-corrected chi connectivity index (χ2v) is 5.24. The third-order valence-corrected chi connectivity index (χ3v) is 3.48. The zero-order valence-corrected chi connectivity index (χ0v) is 12.6. The summed E-state index contributed by atoms with van der Waals surface area (Å²) in [6.45, 7) is 0.386. The fraction of sp³-hybridized carbons (Fsp3) is 0.455. The molecule has 96 valence electrons. The van der Waals surface area contributed by atoms with Crippen molar-refractivity contribution in [1.82, 2.24) is 5.32 Å². The Bertz CT molecular complexity index is 347. The van der Waals surface area contributed by atoms with Crippen molar-refractivity contribution in [1.29, 1.82) is 0 Å². The van der Waals surface area contributed by atoms with Crippen LogP contribution in [-0.2, 0) is 6.54 Å². The molecule has 0 aliphatic heterocycles. The van der Waals surface area contributed by atoms with Gasteiger partial charge in [0, 0.05) is 6.54 Å². The predicted molar refractivity (Wildman–Crippen MR) is 73.2 cm³/mol. The lowest BCUT2D eigenvalue weighted by molar-refractivity contribution is 0.170. The quantitative estimate of drug-likeness (QED) is 0.714. The van der Waals surface area contributed by atoms with Crippen LogP contribution in [0.15, 0.2) is 21.1 Å². The maximum absolute atomic E-state index is 8.93. The molecule has 0 spiro atoms. The standard InChI is InChI=1S/C11H15Br2NO3/c1-17-11-9(12)2-7(3-10(11)13)4-14-8(5-15)6-16/h2-3,8,14-16H,4-6H2,1H3. The maximum atomic E-state index is 8.93. The fourth-order valence-corrected chi connectivity index (χ4v) is 2.96. The molecule has 0 heterocycles. The first-order chi connectivity index (χ1) is 8.12. The van der Waals surface area contributed by atoms with Gasteiger partial charge in [-0.05, 0) is 49.6 Å². The van der Waals surface area contributed by atoms with Gasteiger partial charge in [0.1, 0.15) is 5.75 Å². The van der Waals surface area contributed by atoms with E-state index < -0.39 is 0 Å². The Balaban J connectivity index is 2.73. The zero-order chi connectivity index (χ0) is 12.8. The number of methoxy groups -OCH3 is 1. The molecule has 1 aromatic carbocycles. The summed E-state index contributed by atoms with van der Waals surface area (Å²) >= 11 is 6.84. The minimum atomic E-state index is -0.297. The monoisotopic (exact) mass is 367 g/mol. The summed E-state index contributed by atoms with van der Waals surface area (Å²) in [7, 11) is 1.61. The summed E-state index contributed by atoms with van der Waals surface area (Å²) in [5, 5.41) is 20.9. The molecule has 0 atom stereocenters. The Labute approximate surface area is 117 Å². The van der Waals surface area contributed by atoms with Crippen LogP contribution < -0.4 is 10.1 Å². The Morgan fingerprint density at radius 1 is 1.24 bits per heavy atom. The van der Waals surface area contributed by atoms with Gasteiger partial charge in [0.2, 0.25) is 0 Å². The number of aliphatic hydroxyl groups excluding tert-OH is 2. The average molecular weight is 369 g/mol. The van der Waals surface area contributed by atoms with Gasteiger partial charge in [-0.15, -0.1) is 0 Å². The molecule has 0 aromatic heterocycles. The summed E-state index contributed by atoms with van der Waals surface area (Å²) < 4.78 is 6.92. The minimum absolute atomic E-state index is 0.0883. The van der Waals surface area contributed by atoms with E-state index in [2.05, 4.69) is 37.2 Å². The minimum Gasteiger partial charge on any atom is -0.494 e. The largest absolute Gasteiger partial charge is 0.494 e. The van der Waals surface area contributed by atoms with Crippen LogP contribution in [0.1, 0.15) is 5.56 Å². The maximum Gasteiger partial charge on any atom is 0.147 e. The number of hydrogen-bond acceptors (Lipinski definition) is 4. The van der Waals surface area contributed by atoms with E-state index in [0.717, 1.165) is 20.3 Å². The molecular formula is C11H15Br2NO3. The number of hydrogen-bond donors (Lipinski definition) is 3. The number of halogens is 2. The number of aliphatic hydroxyl groups is 2. The highest BCUT2D eigenvalue weighted by Crippen LogP contribution is 2.34. The summed E-state index contributed by atoms with van der Waals surface area (Å²) in [4.78, 5) is 0. The van der Waals surface area contributed by atoms with Crippen LogP contribution in [-0.4, -0.2) is 36.6 Å². The van der Waals surface area contributed by atoms with E-state index >= 15 is 0 Å². The fourth-order valence-electron chi connectivity index (χ4n) is 1.36. The van der Waals surface area contributed by atoms with Crippen LogP contribution in [0.2, 0.25) is 0 Å². The number of rotatable bonds is 6. The van der Waals surface area contributed by atoms with Gasteiger partial charge < -0.3 is 20.3 Å². The van der Waals surface area contributed by atoms with Gasteiger partial charge in [-0.3, -0.25) is 0 Å². The molecule has 0 aliphatic carbocycles. The van der Waals surface area contributed by atoms with E-state index in [1.807, 2.05) is 12.1 Å². The van der Waals surface area contributed by atoms with Gasteiger partial charge in [-0.1, -0.05) is 0 Å². The van der Waals surface area contributed by atoms with Crippen molar-refractivity contribution in [2.45, 2.75) is 12.6 Å². The Hall–Kier alpha value is -0.140. The van der Waals surface area contributed by atoms with Crippen LogP contribution in [0.4, 0.5) is 0 Å². The molecule has 0 fully saturated rings. The van der Waals surface area contributed by atoms with Crippen LogP contribution in [0.3, 0.4) is 0 Å². The molecular weight excluding hydrogens is 354 g/mol. The predicted octanol–water partition coefficient (Wildman–Crippen LogP) is 1.66. The molecule has 0 bridgehead atoms. The van der Waals surface area contributed by atoms with E-state index in [1.54, 1.807) is 7.11 Å². The number of benzene rings is 1. The molecule has 4 nitrogen and oxygen atoms in total. The van der Waals surface area contributed by atoms with Gasteiger partial charge in [0.05, 0.1) is 35.3 Å². The Morgan fingerprint density at radius 3 is 2.18 bits per heavy atom. The molecule has 0 saturated carbocycles. The average Bonchev–Trinajstić information content (AvgIpc) is 2.30. The molecule has 0 aliphatic rings. The number of nitrogens with one attached hydrogen (secondary N) is 1. The molecule has 0 amide bonds. The van der Waals surface area contributed by atoms with Crippen LogP contribution in [0, 0.1) is 0 Å². The Kier molecular flexibility index (Phi) is 6.43. The first kappa shape index (κ1) is 14.9. The summed E-state index contributed by atoms with van der Waals surface area (Å²) in [5.41, 5.74) is 1.02. The Morgan fingerprint density at radius 2 is 1.76 bits per heavy atom. The number of ether oxygens (including phenoxy) is 1. The molecule has 0 saturated heterocycles. The van der Waals surface area contributed by atoms with E-state index in [-0.39, 0.29) is 19.3 Å². The third-order valence-electron chi connectivity index (χ3n) is 2.30. The van der Waals surface area contributed by atoms with Crippen molar-refractivity contribution >= 4 is 31.9 Å². The van der Waals surface area contributed by atoms with Gasteiger partial charge in [-0.2, -0.15) is 0 Å². The van der Waals surface area contributed by atoms with E-state index in [9.17, 15) is 0 Å². The smallest absolute Gasteiger partial charge is 0.147 e. The lowest BCUT2D eigenvalue weighted by atomic mass is 10.2. The first-order valence-electron chi connectivity index (χ1n) is 5.09. The molecule has 6 heteroatoms. The van der Waals surface area contributed by atoms with Gasteiger partial charge in [0.25, 0.3) is 0 Å². The lowest BCUT2D eigenvalue weighted by Crippen LogP contribution is -2.35. The van der Waals surface area contributed by atoms with Crippen molar-refractivity contribution < 1.29 is 14.9 Å². The van der Waals surface area contributed by atoms with Crippen molar-refractivity contribution in [2.24, 2.45) is 0 Å². The van der Waals surface area contributed by atoms with Crippen LogP contribution in [0.25, 0.3) is 0 Å². The normalized spacial score (nSPS) is 10.9. The van der Waals surface area contributed by atoms with Crippen molar-refractivity contribution in [3.05, 3.63) is 26.6 Å². The van der Waals surface area contributed by atoms with E-state index in [1.165, 1.54) is 0 Å². The molecule has 1 aromatic rings. The summed E-state index contributed by atoms with van der Waals surface area (Å²) in [5.74, 6) is 0.745. The lowest BCUT2D eigenvalue weighted by Gasteiger charge is -2.14. The summed E-state index contributed by atoms with van der Waals surface area (Å²) in [6, 6.07) is 3.57. The SMILES string of the molecule is COc1c(Br)cc(CNC(CO)CO)cc1Br. The highest BCUT2D eigenvalue weighted by molar-refractivity contribution is 9.11. The van der Waals surface area contributed by atoms with Gasteiger partial charge >= 0.3 is 0 Å².